The number of carbonyl (C=O) groups excluding carboxylic acids is 1. The van der Waals surface area contributed by atoms with Gasteiger partial charge >= 0.3 is 11.7 Å². The fourth-order valence-electron chi connectivity index (χ4n) is 2.98. The molecular formula is C18H16N3O3+. The van der Waals surface area contributed by atoms with Crippen LogP contribution in [0.25, 0.3) is 11.0 Å². The van der Waals surface area contributed by atoms with E-state index < -0.39 is 6.04 Å². The average molecular weight is 322 g/mol. The number of carbonyl (C=O) groups is 1. The third kappa shape index (κ3) is 2.15. The minimum Gasteiger partial charge on any atom is -0.497 e. The van der Waals surface area contributed by atoms with E-state index in [1.165, 1.54) is 0 Å². The summed E-state index contributed by atoms with van der Waals surface area (Å²) in [6, 6.07) is 12.5. The molecule has 120 valence electrons. The second kappa shape index (κ2) is 5.49. The maximum absolute atomic E-state index is 13.0. The lowest BCUT2D eigenvalue weighted by atomic mass is 10.1. The summed E-state index contributed by atoms with van der Waals surface area (Å²) >= 11 is 0. The van der Waals surface area contributed by atoms with Crippen LogP contribution in [0.1, 0.15) is 16.4 Å². The van der Waals surface area contributed by atoms with Crippen molar-refractivity contribution in [3.05, 3.63) is 54.2 Å². The smallest absolute Gasteiger partial charge is 0.364 e. The second-order valence-electron chi connectivity index (χ2n) is 5.53. The molecule has 6 nitrogen and oxygen atoms in total. The van der Waals surface area contributed by atoms with Crippen LogP contribution in [-0.2, 0) is 0 Å². The maximum Gasteiger partial charge on any atom is 0.364 e. The Labute approximate surface area is 138 Å². The largest absolute Gasteiger partial charge is 0.497 e. The van der Waals surface area contributed by atoms with Gasteiger partial charge in [0.1, 0.15) is 23.2 Å². The van der Waals surface area contributed by atoms with E-state index in [4.69, 9.17) is 9.47 Å². The highest BCUT2D eigenvalue weighted by Crippen LogP contribution is 2.31. The highest BCUT2D eigenvalue weighted by atomic mass is 16.5. The molecule has 2 aromatic carbocycles. The van der Waals surface area contributed by atoms with E-state index in [0.717, 1.165) is 16.6 Å². The van der Waals surface area contributed by atoms with Crippen LogP contribution in [0.2, 0.25) is 0 Å². The Morgan fingerprint density at radius 1 is 1.08 bits per heavy atom. The van der Waals surface area contributed by atoms with E-state index in [0.29, 0.717) is 17.3 Å². The van der Waals surface area contributed by atoms with Crippen LogP contribution in [0.4, 0.5) is 5.82 Å². The predicted molar refractivity (Wildman–Crippen MR) is 88.5 cm³/mol. The van der Waals surface area contributed by atoms with Crippen LogP contribution in [0.3, 0.4) is 0 Å². The SMILES string of the molecule is COc1cc(OC)cc(C2Nc3cnc4ccccc4[n+]3C2=O)c1. The molecule has 0 bridgehead atoms. The zero-order chi connectivity index (χ0) is 16.7. The van der Waals surface area contributed by atoms with E-state index in [1.54, 1.807) is 31.0 Å². The van der Waals surface area contributed by atoms with Crippen molar-refractivity contribution in [3.8, 4) is 11.5 Å². The summed E-state index contributed by atoms with van der Waals surface area (Å²) in [5, 5.41) is 3.24. The molecule has 1 aromatic heterocycles. The Morgan fingerprint density at radius 2 is 1.79 bits per heavy atom. The van der Waals surface area contributed by atoms with Crippen LogP contribution in [-0.4, -0.2) is 25.1 Å². The van der Waals surface area contributed by atoms with Crippen molar-refractivity contribution in [1.82, 2.24) is 4.98 Å². The summed E-state index contributed by atoms with van der Waals surface area (Å²) in [7, 11) is 3.17. The number of nitrogens with zero attached hydrogens (tertiary/aromatic N) is 2. The molecule has 0 fully saturated rings. The lowest BCUT2D eigenvalue weighted by Gasteiger charge is -2.09. The molecule has 1 aliphatic rings. The molecule has 0 radical (unpaired) electrons. The fourth-order valence-corrected chi connectivity index (χ4v) is 2.98. The molecule has 1 atom stereocenters. The van der Waals surface area contributed by atoms with Gasteiger partial charge in [0, 0.05) is 11.6 Å². The normalized spacial score (nSPS) is 15.9. The molecule has 0 spiro atoms. The number of anilines is 1. The number of benzene rings is 2. The van der Waals surface area contributed by atoms with Gasteiger partial charge in [0.05, 0.1) is 14.2 Å². The Morgan fingerprint density at radius 3 is 2.50 bits per heavy atom. The van der Waals surface area contributed by atoms with Crippen LogP contribution >= 0.6 is 0 Å². The first-order chi connectivity index (χ1) is 11.7. The molecule has 1 unspecified atom stereocenters. The van der Waals surface area contributed by atoms with E-state index in [-0.39, 0.29) is 5.91 Å². The number of rotatable bonds is 3. The van der Waals surface area contributed by atoms with Crippen molar-refractivity contribution < 1.29 is 18.8 Å². The number of methoxy groups -OCH3 is 2. The van der Waals surface area contributed by atoms with E-state index >= 15 is 0 Å². The first-order valence-electron chi connectivity index (χ1n) is 7.55. The molecule has 6 heteroatoms. The van der Waals surface area contributed by atoms with Crippen LogP contribution in [0.5, 0.6) is 11.5 Å². The van der Waals surface area contributed by atoms with Gasteiger partial charge in [0.2, 0.25) is 6.04 Å². The van der Waals surface area contributed by atoms with Gasteiger partial charge in [-0.3, -0.25) is 5.32 Å². The van der Waals surface area contributed by atoms with Gasteiger partial charge in [-0.05, 0) is 24.3 Å². The molecule has 1 N–H and O–H groups in total. The zero-order valence-electron chi connectivity index (χ0n) is 13.3. The molecule has 4 rings (SSSR count). The Balaban J connectivity index is 1.82. The van der Waals surface area contributed by atoms with Crippen LogP contribution < -0.4 is 19.4 Å². The molecule has 0 amide bonds. The maximum atomic E-state index is 13.0. The van der Waals surface area contributed by atoms with Crippen molar-refractivity contribution in [2.75, 3.05) is 19.5 Å². The first kappa shape index (κ1) is 14.4. The fraction of sp³-hybridized carbons (Fsp3) is 0.167. The lowest BCUT2D eigenvalue weighted by molar-refractivity contribution is -0.524. The van der Waals surface area contributed by atoms with Gasteiger partial charge in [0.15, 0.2) is 5.52 Å². The van der Waals surface area contributed by atoms with Gasteiger partial charge in [-0.15, -0.1) is 0 Å². The quantitative estimate of drug-likeness (QED) is 0.750. The number of fused-ring (bicyclic) bond motifs is 3. The van der Waals surface area contributed by atoms with Crippen molar-refractivity contribution in [3.63, 3.8) is 0 Å². The number of para-hydroxylation sites is 2. The number of nitrogens with one attached hydrogen (secondary N) is 1. The van der Waals surface area contributed by atoms with Crippen molar-refractivity contribution in [2.24, 2.45) is 0 Å². The summed E-state index contributed by atoms with van der Waals surface area (Å²) in [5.41, 5.74) is 2.34. The molecule has 2 heterocycles. The average Bonchev–Trinajstić information content (AvgIpc) is 2.98. The van der Waals surface area contributed by atoms with Gasteiger partial charge in [-0.2, -0.15) is 4.57 Å². The third-order valence-corrected chi connectivity index (χ3v) is 4.16. The molecular weight excluding hydrogens is 306 g/mol. The third-order valence-electron chi connectivity index (χ3n) is 4.16. The zero-order valence-corrected chi connectivity index (χ0v) is 13.3. The van der Waals surface area contributed by atoms with E-state index in [1.807, 2.05) is 36.4 Å². The summed E-state index contributed by atoms with van der Waals surface area (Å²) in [6.45, 7) is 0. The van der Waals surface area contributed by atoms with Crippen LogP contribution in [0.15, 0.2) is 48.7 Å². The molecule has 1 aliphatic heterocycles. The van der Waals surface area contributed by atoms with Gasteiger partial charge in [0.25, 0.3) is 0 Å². The molecule has 0 saturated heterocycles. The first-order valence-corrected chi connectivity index (χ1v) is 7.55. The Kier molecular flexibility index (Phi) is 3.30. The standard InChI is InChI=1S/C18H15N3O3/c1-23-12-7-11(8-13(9-12)24-2)17-18(22)21-15-6-4-3-5-14(15)19-10-16(21)20-17/h3-10,17H,1-2H3/p+1. The highest BCUT2D eigenvalue weighted by molar-refractivity contribution is 5.87. The number of hydrogen-bond donors (Lipinski definition) is 1. The number of aromatic nitrogens is 2. The highest BCUT2D eigenvalue weighted by Gasteiger charge is 2.41. The summed E-state index contributed by atoms with van der Waals surface area (Å²) in [6.07, 6.45) is 1.68. The van der Waals surface area contributed by atoms with E-state index in [2.05, 4.69) is 10.3 Å². The number of hydrogen-bond acceptors (Lipinski definition) is 5. The van der Waals surface area contributed by atoms with E-state index in [9.17, 15) is 4.79 Å². The van der Waals surface area contributed by atoms with Crippen molar-refractivity contribution in [1.29, 1.82) is 0 Å². The number of ether oxygens (including phenoxy) is 2. The Hall–Kier alpha value is -3.15. The van der Waals surface area contributed by atoms with Gasteiger partial charge in [-0.25, -0.2) is 9.78 Å². The summed E-state index contributed by atoms with van der Waals surface area (Å²) in [5.74, 6) is 1.90. The van der Waals surface area contributed by atoms with Crippen LogP contribution in [0, 0.1) is 0 Å². The summed E-state index contributed by atoms with van der Waals surface area (Å²) in [4.78, 5) is 17.4. The minimum absolute atomic E-state index is 0.0566. The van der Waals surface area contributed by atoms with Gasteiger partial charge < -0.3 is 9.47 Å². The lowest BCUT2D eigenvalue weighted by Crippen LogP contribution is -2.41. The molecule has 24 heavy (non-hydrogen) atoms. The van der Waals surface area contributed by atoms with Crippen molar-refractivity contribution in [2.45, 2.75) is 6.04 Å². The molecule has 0 aliphatic carbocycles. The van der Waals surface area contributed by atoms with Gasteiger partial charge in [-0.1, -0.05) is 12.1 Å². The predicted octanol–water partition coefficient (Wildman–Crippen LogP) is 2.35. The monoisotopic (exact) mass is 322 g/mol. The summed E-state index contributed by atoms with van der Waals surface area (Å²) < 4.78 is 12.3. The topological polar surface area (TPSA) is 64.3 Å². The second-order valence-corrected chi connectivity index (χ2v) is 5.53. The van der Waals surface area contributed by atoms with Crippen molar-refractivity contribution >= 4 is 22.8 Å². The molecule has 3 aromatic rings. The Bertz CT molecular complexity index is 933. The minimum atomic E-state index is -0.512. The molecule has 0 saturated carbocycles.